The van der Waals surface area contributed by atoms with Crippen molar-refractivity contribution >= 4 is 11.6 Å². The lowest BCUT2D eigenvalue weighted by molar-refractivity contribution is 1.39. The van der Waals surface area contributed by atoms with Gasteiger partial charge in [-0.15, -0.1) is 0 Å². The number of nitrogens with one attached hydrogen (secondary N) is 1. The molecule has 0 aliphatic heterocycles. The van der Waals surface area contributed by atoms with Gasteiger partial charge in [0.15, 0.2) is 0 Å². The molecule has 0 radical (unpaired) electrons. The van der Waals surface area contributed by atoms with Gasteiger partial charge in [0.25, 0.3) is 0 Å². The molecule has 0 saturated carbocycles. The Morgan fingerprint density at radius 3 is 2.46 bits per heavy atom. The van der Waals surface area contributed by atoms with Crippen molar-refractivity contribution in [1.29, 1.82) is 0 Å². The second-order valence-electron chi connectivity index (χ2n) is 3.03. The third-order valence-corrected chi connectivity index (χ3v) is 2.45. The molecule has 0 atom stereocenters. The molecule has 1 aromatic carbocycles. The lowest BCUT2D eigenvalue weighted by Crippen LogP contribution is -1.77. The molecule has 2 aromatic rings. The predicted octanol–water partition coefficient (Wildman–Crippen LogP) is 3.64. The maximum absolute atomic E-state index is 6.07. The highest BCUT2D eigenvalue weighted by atomic mass is 35.5. The van der Waals surface area contributed by atoms with E-state index >= 15 is 0 Å². The van der Waals surface area contributed by atoms with Crippen molar-refractivity contribution in [2.24, 2.45) is 0 Å². The molecule has 0 bridgehead atoms. The third-order valence-electron chi connectivity index (χ3n) is 2.12. The van der Waals surface area contributed by atoms with E-state index in [0.29, 0.717) is 0 Å². The van der Waals surface area contributed by atoms with Crippen molar-refractivity contribution in [2.75, 3.05) is 0 Å². The van der Waals surface area contributed by atoms with Gasteiger partial charge in [-0.25, -0.2) is 0 Å². The fraction of sp³-hybridized carbons (Fsp3) is 0.0909. The van der Waals surface area contributed by atoms with Crippen molar-refractivity contribution in [2.45, 2.75) is 6.92 Å². The number of aromatic amines is 1. The Hall–Kier alpha value is -1.21. The molecule has 0 aliphatic rings. The standard InChI is InChI=1S/C11H10ClN/c1-8-6-13-7-10(8)9-4-2-3-5-11(9)12/h2-7,13H,1H3. The van der Waals surface area contributed by atoms with E-state index in [9.17, 15) is 0 Å². The van der Waals surface area contributed by atoms with Crippen LogP contribution in [0.5, 0.6) is 0 Å². The van der Waals surface area contributed by atoms with Gasteiger partial charge in [0.05, 0.1) is 0 Å². The zero-order valence-corrected chi connectivity index (χ0v) is 8.10. The smallest absolute Gasteiger partial charge is 0.0485 e. The topological polar surface area (TPSA) is 15.8 Å². The zero-order chi connectivity index (χ0) is 9.26. The van der Waals surface area contributed by atoms with Crippen LogP contribution < -0.4 is 0 Å². The fourth-order valence-corrected chi connectivity index (χ4v) is 1.65. The van der Waals surface area contributed by atoms with Crippen LogP contribution in [0.1, 0.15) is 5.56 Å². The Bertz CT molecular complexity index is 418. The maximum atomic E-state index is 6.07. The van der Waals surface area contributed by atoms with Gasteiger partial charge in [-0.05, 0) is 18.6 Å². The van der Waals surface area contributed by atoms with E-state index < -0.39 is 0 Å². The van der Waals surface area contributed by atoms with Crippen molar-refractivity contribution in [3.05, 3.63) is 47.2 Å². The summed E-state index contributed by atoms with van der Waals surface area (Å²) in [4.78, 5) is 3.07. The van der Waals surface area contributed by atoms with Gasteiger partial charge in [0.1, 0.15) is 0 Å². The first kappa shape index (κ1) is 8.39. The number of rotatable bonds is 1. The minimum Gasteiger partial charge on any atom is -0.367 e. The predicted molar refractivity (Wildman–Crippen MR) is 56.0 cm³/mol. The number of aromatic nitrogens is 1. The van der Waals surface area contributed by atoms with E-state index in [1.807, 2.05) is 36.7 Å². The van der Waals surface area contributed by atoms with Crippen LogP contribution in [0.25, 0.3) is 11.1 Å². The monoisotopic (exact) mass is 191 g/mol. The Balaban J connectivity index is 2.59. The van der Waals surface area contributed by atoms with Crippen LogP contribution in [-0.4, -0.2) is 4.98 Å². The number of halogens is 1. The molecule has 2 rings (SSSR count). The van der Waals surface area contributed by atoms with Crippen LogP contribution in [-0.2, 0) is 0 Å². The van der Waals surface area contributed by atoms with Gasteiger partial charge >= 0.3 is 0 Å². The van der Waals surface area contributed by atoms with Gasteiger partial charge in [0, 0.05) is 28.5 Å². The lowest BCUT2D eigenvalue weighted by Gasteiger charge is -2.01. The highest BCUT2D eigenvalue weighted by molar-refractivity contribution is 6.33. The number of aryl methyl sites for hydroxylation is 1. The van der Waals surface area contributed by atoms with Crippen LogP contribution in [0, 0.1) is 6.92 Å². The summed E-state index contributed by atoms with van der Waals surface area (Å²) >= 11 is 6.07. The van der Waals surface area contributed by atoms with E-state index in [4.69, 9.17) is 11.6 Å². The molecule has 1 heterocycles. The molecule has 1 aromatic heterocycles. The molecule has 2 heteroatoms. The van der Waals surface area contributed by atoms with Crippen LogP contribution in [0.4, 0.5) is 0 Å². The summed E-state index contributed by atoms with van der Waals surface area (Å²) in [7, 11) is 0. The molecule has 13 heavy (non-hydrogen) atoms. The Kier molecular flexibility index (Phi) is 2.11. The molecule has 1 nitrogen and oxygen atoms in total. The molecule has 66 valence electrons. The molecule has 0 saturated heterocycles. The number of hydrogen-bond acceptors (Lipinski definition) is 0. The molecule has 0 fully saturated rings. The second kappa shape index (κ2) is 3.27. The Labute approximate surface area is 82.4 Å². The first-order valence-corrected chi connectivity index (χ1v) is 4.55. The SMILES string of the molecule is Cc1c[nH]cc1-c1ccccc1Cl. The molecule has 0 unspecified atom stereocenters. The van der Waals surface area contributed by atoms with Gasteiger partial charge in [-0.1, -0.05) is 29.8 Å². The average molecular weight is 192 g/mol. The maximum Gasteiger partial charge on any atom is 0.0485 e. The first-order chi connectivity index (χ1) is 6.29. The Morgan fingerprint density at radius 2 is 1.85 bits per heavy atom. The fourth-order valence-electron chi connectivity index (χ4n) is 1.41. The minimum absolute atomic E-state index is 0.796. The van der Waals surface area contributed by atoms with Crippen LogP contribution in [0.3, 0.4) is 0 Å². The molecular weight excluding hydrogens is 182 g/mol. The summed E-state index contributed by atoms with van der Waals surface area (Å²) in [6, 6.07) is 7.86. The van der Waals surface area contributed by atoms with Gasteiger partial charge in [-0.3, -0.25) is 0 Å². The summed E-state index contributed by atoms with van der Waals surface area (Å²) in [5.74, 6) is 0. The number of hydrogen-bond donors (Lipinski definition) is 1. The summed E-state index contributed by atoms with van der Waals surface area (Å²) in [6.45, 7) is 2.06. The second-order valence-corrected chi connectivity index (χ2v) is 3.44. The quantitative estimate of drug-likeness (QED) is 0.709. The van der Waals surface area contributed by atoms with Crippen molar-refractivity contribution < 1.29 is 0 Å². The zero-order valence-electron chi connectivity index (χ0n) is 7.34. The molecule has 1 N–H and O–H groups in total. The minimum atomic E-state index is 0.796. The lowest BCUT2D eigenvalue weighted by atomic mass is 10.1. The van der Waals surface area contributed by atoms with E-state index in [1.165, 1.54) is 11.1 Å². The van der Waals surface area contributed by atoms with Crippen molar-refractivity contribution in [3.63, 3.8) is 0 Å². The molecular formula is C11H10ClN. The van der Waals surface area contributed by atoms with E-state index in [2.05, 4.69) is 11.9 Å². The van der Waals surface area contributed by atoms with E-state index in [-0.39, 0.29) is 0 Å². The highest BCUT2D eigenvalue weighted by Crippen LogP contribution is 2.29. The summed E-state index contributed by atoms with van der Waals surface area (Å²) in [6.07, 6.45) is 3.94. The van der Waals surface area contributed by atoms with Crippen LogP contribution >= 0.6 is 11.6 Å². The van der Waals surface area contributed by atoms with Gasteiger partial charge < -0.3 is 4.98 Å². The summed E-state index contributed by atoms with van der Waals surface area (Å²) in [5, 5.41) is 0.796. The van der Waals surface area contributed by atoms with Gasteiger partial charge in [-0.2, -0.15) is 0 Å². The normalized spacial score (nSPS) is 10.3. The van der Waals surface area contributed by atoms with Crippen LogP contribution in [0.15, 0.2) is 36.7 Å². The number of H-pyrrole nitrogens is 1. The third kappa shape index (κ3) is 1.47. The van der Waals surface area contributed by atoms with E-state index in [0.717, 1.165) is 10.6 Å². The average Bonchev–Trinajstić information content (AvgIpc) is 2.52. The molecule has 0 aliphatic carbocycles. The highest BCUT2D eigenvalue weighted by Gasteiger charge is 2.05. The summed E-state index contributed by atoms with van der Waals surface area (Å²) < 4.78 is 0. The first-order valence-electron chi connectivity index (χ1n) is 4.17. The largest absolute Gasteiger partial charge is 0.367 e. The molecule has 0 amide bonds. The van der Waals surface area contributed by atoms with Crippen molar-refractivity contribution in [3.8, 4) is 11.1 Å². The van der Waals surface area contributed by atoms with Crippen LogP contribution in [0.2, 0.25) is 5.02 Å². The van der Waals surface area contributed by atoms with Crippen molar-refractivity contribution in [1.82, 2.24) is 4.98 Å². The van der Waals surface area contributed by atoms with E-state index in [1.54, 1.807) is 0 Å². The number of benzene rings is 1. The molecule has 0 spiro atoms. The Morgan fingerprint density at radius 1 is 1.08 bits per heavy atom. The summed E-state index contributed by atoms with van der Waals surface area (Å²) in [5.41, 5.74) is 3.47. The van der Waals surface area contributed by atoms with Gasteiger partial charge in [0.2, 0.25) is 0 Å².